The molecule has 3 aromatic heterocycles. The quantitative estimate of drug-likeness (QED) is 0.0722. The molecule has 0 aliphatic carbocycles. The van der Waals surface area contributed by atoms with Crippen LogP contribution in [0.4, 0.5) is 19.4 Å². The lowest BCUT2D eigenvalue weighted by Crippen LogP contribution is -2.57. The van der Waals surface area contributed by atoms with E-state index in [0.717, 1.165) is 43.1 Å². The largest absolute Gasteiger partial charge is 0.468 e. The van der Waals surface area contributed by atoms with Crippen LogP contribution in [0, 0.1) is 17.3 Å². The van der Waals surface area contributed by atoms with E-state index in [1.54, 1.807) is 19.4 Å². The number of halogens is 2. The fourth-order valence-electron chi connectivity index (χ4n) is 12.0. The van der Waals surface area contributed by atoms with Gasteiger partial charge >= 0.3 is 12.1 Å². The summed E-state index contributed by atoms with van der Waals surface area (Å²) in [7, 11) is -0.703. The first-order valence-electron chi connectivity index (χ1n) is 23.8. The number of imidazole rings is 1. The van der Waals surface area contributed by atoms with Gasteiger partial charge in [0.2, 0.25) is 0 Å². The highest BCUT2D eigenvalue weighted by Crippen LogP contribution is 2.45. The molecular formula is C51H65F2N7O5Si. The molecule has 0 unspecified atom stereocenters. The van der Waals surface area contributed by atoms with Crippen LogP contribution in [0.2, 0.25) is 16.6 Å². The average Bonchev–Trinajstić information content (AvgIpc) is 4.02. The number of ether oxygens (including phenoxy) is 4. The van der Waals surface area contributed by atoms with E-state index in [4.69, 9.17) is 33.9 Å². The molecule has 7 heterocycles. The average molecular weight is 922 g/mol. The number of nitrogens with zero attached hydrogens (tertiary/aromatic N) is 7. The summed E-state index contributed by atoms with van der Waals surface area (Å²) in [6.07, 6.45) is 6.36. The number of alkyl halides is 1. The van der Waals surface area contributed by atoms with E-state index in [1.807, 2.05) is 54.5 Å². The van der Waals surface area contributed by atoms with Crippen LogP contribution in [0.3, 0.4) is 0 Å². The number of anilines is 1. The Hall–Kier alpha value is -5.04. The van der Waals surface area contributed by atoms with Crippen molar-refractivity contribution in [2.24, 2.45) is 0 Å². The molecule has 5 aromatic rings. The first-order chi connectivity index (χ1) is 31.4. The Bertz CT molecular complexity index is 2690. The van der Waals surface area contributed by atoms with Crippen molar-refractivity contribution in [3.05, 3.63) is 54.1 Å². The molecule has 2 bridgehead atoms. The zero-order valence-corrected chi connectivity index (χ0v) is 41.2. The number of aromatic nitrogens is 4. The van der Waals surface area contributed by atoms with Gasteiger partial charge in [0.15, 0.2) is 12.6 Å². The molecule has 4 saturated heterocycles. The zero-order valence-electron chi connectivity index (χ0n) is 40.2. The molecule has 2 aromatic carbocycles. The Morgan fingerprint density at radius 2 is 1.70 bits per heavy atom. The van der Waals surface area contributed by atoms with Gasteiger partial charge in [0.25, 0.3) is 0 Å². The summed E-state index contributed by atoms with van der Waals surface area (Å²) in [5.74, 6) is 4.27. The number of methoxy groups -OCH3 is 1. The minimum Gasteiger partial charge on any atom is -0.468 e. The van der Waals surface area contributed by atoms with E-state index in [9.17, 15) is 9.18 Å². The topological polar surface area (TPSA) is 107 Å². The molecule has 352 valence electrons. The summed E-state index contributed by atoms with van der Waals surface area (Å²) in [6, 6.07) is 9.07. The molecule has 4 fully saturated rings. The van der Waals surface area contributed by atoms with Crippen molar-refractivity contribution >= 4 is 47.4 Å². The van der Waals surface area contributed by atoms with Crippen LogP contribution in [0.25, 0.3) is 38.6 Å². The summed E-state index contributed by atoms with van der Waals surface area (Å²) in [4.78, 5) is 35.2. The van der Waals surface area contributed by atoms with Crippen molar-refractivity contribution < 1.29 is 32.5 Å². The van der Waals surface area contributed by atoms with Crippen molar-refractivity contribution in [2.45, 2.75) is 140 Å². The normalized spacial score (nSPS) is 22.3. The zero-order chi connectivity index (χ0) is 46.9. The van der Waals surface area contributed by atoms with Gasteiger partial charge in [-0.25, -0.2) is 18.6 Å². The van der Waals surface area contributed by atoms with Crippen LogP contribution in [0.15, 0.2) is 42.7 Å². The van der Waals surface area contributed by atoms with Gasteiger partial charge in [-0.1, -0.05) is 53.5 Å². The van der Waals surface area contributed by atoms with Crippen LogP contribution in [-0.2, 0) is 9.47 Å². The van der Waals surface area contributed by atoms with Crippen molar-refractivity contribution in [3.8, 4) is 34.4 Å². The number of rotatable bonds is 11. The lowest BCUT2D eigenvalue weighted by molar-refractivity contribution is 0.0122. The summed E-state index contributed by atoms with van der Waals surface area (Å²) in [5.41, 5.74) is 7.42. The summed E-state index contributed by atoms with van der Waals surface area (Å²) < 4.78 is 57.5. The van der Waals surface area contributed by atoms with E-state index in [-0.39, 0.29) is 37.6 Å². The van der Waals surface area contributed by atoms with Crippen LogP contribution in [-0.4, -0.2) is 119 Å². The molecule has 4 aliphatic rings. The molecule has 15 heteroatoms. The Labute approximate surface area is 388 Å². The number of amides is 1. The van der Waals surface area contributed by atoms with Gasteiger partial charge < -0.3 is 23.8 Å². The second-order valence-electron chi connectivity index (χ2n) is 21.0. The second-order valence-corrected chi connectivity index (χ2v) is 26.6. The maximum Gasteiger partial charge on any atom is 0.410 e. The number of carbonyl (C=O) groups excluding carboxylic acids is 1. The Balaban J connectivity index is 1.24. The second kappa shape index (κ2) is 17.6. The van der Waals surface area contributed by atoms with E-state index in [0.29, 0.717) is 87.5 Å². The van der Waals surface area contributed by atoms with Crippen molar-refractivity contribution in [2.75, 3.05) is 51.6 Å². The van der Waals surface area contributed by atoms with Crippen molar-refractivity contribution in [1.82, 2.24) is 29.2 Å². The Morgan fingerprint density at radius 3 is 2.38 bits per heavy atom. The molecule has 1 amide bonds. The summed E-state index contributed by atoms with van der Waals surface area (Å²) in [6.45, 7) is 21.8. The van der Waals surface area contributed by atoms with Crippen molar-refractivity contribution in [1.29, 1.82) is 0 Å². The summed E-state index contributed by atoms with van der Waals surface area (Å²) >= 11 is 0. The molecule has 66 heavy (non-hydrogen) atoms. The lowest BCUT2D eigenvalue weighted by atomic mass is 9.94. The van der Waals surface area contributed by atoms with E-state index in [2.05, 4.69) is 62.8 Å². The predicted octanol–water partition coefficient (Wildman–Crippen LogP) is 10.3. The molecule has 4 atom stereocenters. The first kappa shape index (κ1) is 46.1. The first-order valence-corrected chi connectivity index (χ1v) is 26.0. The number of hydrogen-bond donors (Lipinski definition) is 0. The number of carbonyl (C=O) groups is 1. The number of piperazine rings is 1. The predicted molar refractivity (Wildman–Crippen MR) is 257 cm³/mol. The third kappa shape index (κ3) is 8.14. The van der Waals surface area contributed by atoms with E-state index in [1.165, 1.54) is 6.07 Å². The molecule has 4 aliphatic heterocycles. The van der Waals surface area contributed by atoms with Gasteiger partial charge in [0.1, 0.15) is 49.2 Å². The summed E-state index contributed by atoms with van der Waals surface area (Å²) in [5, 5.41) is 1.41. The molecular weight excluding hydrogens is 857 g/mol. The highest BCUT2D eigenvalue weighted by Gasteiger charge is 2.50. The van der Waals surface area contributed by atoms with Crippen LogP contribution in [0.1, 0.15) is 100.0 Å². The third-order valence-corrected chi connectivity index (χ3v) is 21.1. The molecule has 0 spiro atoms. The fourth-order valence-corrected chi connectivity index (χ4v) is 17.2. The minimum atomic E-state index is -2.28. The van der Waals surface area contributed by atoms with Gasteiger partial charge in [-0.05, 0) is 105 Å². The number of pyridine rings is 1. The highest BCUT2D eigenvalue weighted by molar-refractivity contribution is 6.90. The number of benzene rings is 2. The lowest BCUT2D eigenvalue weighted by Gasteiger charge is -2.42. The van der Waals surface area contributed by atoms with Gasteiger partial charge in [0, 0.05) is 56.5 Å². The van der Waals surface area contributed by atoms with Gasteiger partial charge in [-0.2, -0.15) is 9.97 Å². The minimum absolute atomic E-state index is 0.0170. The molecule has 9 rings (SSSR count). The molecule has 12 nitrogen and oxygen atoms in total. The number of hydrogen-bond acceptors (Lipinski definition) is 10. The molecule has 0 N–H and O–H groups in total. The maximum absolute atomic E-state index is 16.6. The maximum atomic E-state index is 16.6. The smallest absolute Gasteiger partial charge is 0.410 e. The van der Waals surface area contributed by atoms with E-state index < -0.39 is 31.2 Å². The standard InChI is InChI=1S/C51H65F2N7O5Si/c1-31(2)66(32(3)4,33(5)6)21-16-39-42(53)15-12-34-22-38(64-30-62-10)23-40(44(34)39)41-24-43-45(59-20-18-54-46(41)59)47(56-48(55-43)63-29-51-17-11-19-58(51)26-35(52)25-51)57-27-36-13-14-37(28-57)60(36)49(61)65-50(7,8)9/h12,15,18,20,22-24,31-33,35-37H,11,13-14,17,19,25-30H2,1-10H3/t35-,36-,37+,51+/m1/s1. The van der Waals surface area contributed by atoms with Crippen LogP contribution in [0.5, 0.6) is 11.8 Å². The van der Waals surface area contributed by atoms with Crippen LogP contribution >= 0.6 is 0 Å². The van der Waals surface area contributed by atoms with Gasteiger partial charge in [0.05, 0.1) is 28.7 Å². The SMILES string of the molecule is COCOc1cc(-c2cc3nc(OC[C@@]45CCCN4C[C@H](F)C5)nc(N4C[C@H]5CC[C@@H](C4)N5C(=O)OC(C)(C)C)c3n3ccnc23)c2c(C#C[Si](C(C)C)(C(C)C)C(C)C)c(F)ccc2c1. The molecule has 0 saturated carbocycles. The fraction of sp³-hybridized carbons (Fsp3) is 0.569. The number of fused-ring (bicyclic) bond motifs is 7. The van der Waals surface area contributed by atoms with Crippen molar-refractivity contribution in [3.63, 3.8) is 0 Å². The highest BCUT2D eigenvalue weighted by atomic mass is 28.3. The van der Waals surface area contributed by atoms with Gasteiger partial charge in [-0.3, -0.25) is 14.2 Å². The monoisotopic (exact) mass is 921 g/mol. The third-order valence-electron chi connectivity index (χ3n) is 14.8. The van der Waals surface area contributed by atoms with Gasteiger partial charge in [-0.15, -0.1) is 5.54 Å². The van der Waals surface area contributed by atoms with Crippen LogP contribution < -0.4 is 14.4 Å². The molecule has 0 radical (unpaired) electrons. The Kier molecular flexibility index (Phi) is 12.3. The van der Waals surface area contributed by atoms with E-state index >= 15 is 4.39 Å². The Morgan fingerprint density at radius 1 is 0.970 bits per heavy atom.